The second-order valence-corrected chi connectivity index (χ2v) is 13.1. The first-order valence-corrected chi connectivity index (χ1v) is 15.8. The number of rotatable bonds is 11. The molecule has 0 aromatic heterocycles. The number of carbonyl (C=O) groups is 1. The van der Waals surface area contributed by atoms with Crippen LogP contribution in [0.5, 0.6) is 5.75 Å². The number of fused-ring (bicyclic) bond motifs is 1. The van der Waals surface area contributed by atoms with Gasteiger partial charge in [0.1, 0.15) is 11.6 Å². The van der Waals surface area contributed by atoms with E-state index in [0.717, 1.165) is 36.8 Å². The molecular weight excluding hydrogens is 516 g/mol. The van der Waals surface area contributed by atoms with E-state index < -0.39 is 38.0 Å². The van der Waals surface area contributed by atoms with Gasteiger partial charge in [-0.3, -0.25) is 23.8 Å². The molecular formula is C26H38N2O7S2. The summed E-state index contributed by atoms with van der Waals surface area (Å²) >= 11 is 0. The number of amides is 1. The number of hydrogen-bond donors (Lipinski definition) is 5. The highest BCUT2D eigenvalue weighted by atomic mass is 32.3. The second-order valence-electron chi connectivity index (χ2n) is 9.56. The van der Waals surface area contributed by atoms with Gasteiger partial charge < -0.3 is 10.1 Å². The zero-order valence-electron chi connectivity index (χ0n) is 21.6. The predicted octanol–water partition coefficient (Wildman–Crippen LogP) is 4.73. The molecule has 0 radical (unpaired) electrons. The van der Waals surface area contributed by atoms with E-state index in [1.807, 2.05) is 36.4 Å². The van der Waals surface area contributed by atoms with E-state index in [2.05, 4.69) is 24.5 Å². The Balaban J connectivity index is 2.06. The van der Waals surface area contributed by atoms with Crippen molar-refractivity contribution < 1.29 is 31.6 Å². The minimum atomic E-state index is -4.33. The van der Waals surface area contributed by atoms with Crippen LogP contribution in [-0.4, -0.2) is 52.3 Å². The minimum absolute atomic E-state index is 0.0698. The fourth-order valence-corrected chi connectivity index (χ4v) is 7.44. The molecule has 1 amide bonds. The molecule has 9 nitrogen and oxygen atoms in total. The first-order chi connectivity index (χ1) is 17.4. The van der Waals surface area contributed by atoms with Crippen molar-refractivity contribution in [3.05, 3.63) is 59.2 Å². The monoisotopic (exact) mass is 554 g/mol. The van der Waals surface area contributed by atoms with Crippen LogP contribution in [0.4, 0.5) is 0 Å². The van der Waals surface area contributed by atoms with Crippen molar-refractivity contribution in [1.82, 2.24) is 10.6 Å². The molecule has 0 spiro atoms. The lowest BCUT2D eigenvalue weighted by Crippen LogP contribution is -2.49. The van der Waals surface area contributed by atoms with E-state index in [9.17, 15) is 22.3 Å². The van der Waals surface area contributed by atoms with Gasteiger partial charge in [-0.2, -0.15) is 19.0 Å². The summed E-state index contributed by atoms with van der Waals surface area (Å²) in [7, 11) is -6.03. The smallest absolute Gasteiger partial charge is 0.283 e. The zero-order chi connectivity index (χ0) is 27.3. The van der Waals surface area contributed by atoms with E-state index in [-0.39, 0.29) is 24.6 Å². The van der Waals surface area contributed by atoms with Gasteiger partial charge in [0.2, 0.25) is 5.91 Å². The first-order valence-electron chi connectivity index (χ1n) is 12.4. The topological polar surface area (TPSA) is 145 Å². The number of unbranched alkanes of at least 4 members (excludes halogenated alkanes) is 1. The minimum Gasteiger partial charge on any atom is -0.496 e. The number of methoxy groups -OCH3 is 1. The maximum Gasteiger partial charge on any atom is 0.283 e. The van der Waals surface area contributed by atoms with Crippen molar-refractivity contribution in [2.45, 2.75) is 68.8 Å². The second kappa shape index (κ2) is 12.1. The lowest BCUT2D eigenvalue weighted by Gasteiger charge is -2.42. The molecule has 0 fully saturated rings. The van der Waals surface area contributed by atoms with Crippen LogP contribution in [0.3, 0.4) is 0 Å². The molecule has 2 atom stereocenters. The quantitative estimate of drug-likeness (QED) is 0.251. The van der Waals surface area contributed by atoms with E-state index in [1.54, 1.807) is 6.07 Å². The Morgan fingerprint density at radius 1 is 1.22 bits per heavy atom. The Morgan fingerprint density at radius 3 is 2.51 bits per heavy atom. The van der Waals surface area contributed by atoms with Crippen molar-refractivity contribution in [2.75, 3.05) is 18.7 Å². The Kier molecular flexibility index (Phi) is 9.65. The molecule has 206 valence electrons. The van der Waals surface area contributed by atoms with Gasteiger partial charge in [0.25, 0.3) is 10.1 Å². The number of nitrogens with one attached hydrogen (secondary N) is 2. The highest BCUT2D eigenvalue weighted by molar-refractivity contribution is 8.24. The van der Waals surface area contributed by atoms with Gasteiger partial charge in [0, 0.05) is 17.5 Å². The van der Waals surface area contributed by atoms with Gasteiger partial charge in [-0.1, -0.05) is 57.0 Å². The van der Waals surface area contributed by atoms with Gasteiger partial charge in [-0.15, -0.1) is 0 Å². The average Bonchev–Trinajstić information content (AvgIpc) is 2.96. The van der Waals surface area contributed by atoms with Crippen LogP contribution >= 0.6 is 10.6 Å². The summed E-state index contributed by atoms with van der Waals surface area (Å²) in [6, 6.07) is 13.1. The standard InChI is InChI=1S/C26H38N2O7S2/c1-4-6-14-26(5-2)17-36(30,31)23-15-20(12-13-24(29)27-18-37(32,33)34)22(35-3)16-21(23)25(28-26)19-10-8-7-9-11-19/h7-11,15-16,25,28,30-31H,4-6,12-14,17-18H2,1-3H3,(H,27,29)(H,32,33,34). The molecule has 0 saturated carbocycles. The number of benzene rings is 2. The molecule has 3 rings (SSSR count). The molecule has 2 aromatic carbocycles. The van der Waals surface area contributed by atoms with Crippen molar-refractivity contribution in [1.29, 1.82) is 0 Å². The molecule has 1 aliphatic rings. The molecule has 0 bridgehead atoms. The highest BCUT2D eigenvalue weighted by Gasteiger charge is 2.42. The van der Waals surface area contributed by atoms with Gasteiger partial charge in [0.05, 0.1) is 23.8 Å². The molecule has 0 saturated heterocycles. The number of ether oxygens (including phenoxy) is 1. The van der Waals surface area contributed by atoms with Crippen molar-refractivity contribution >= 4 is 26.6 Å². The van der Waals surface area contributed by atoms with Crippen LogP contribution in [-0.2, 0) is 21.3 Å². The van der Waals surface area contributed by atoms with Gasteiger partial charge in [-0.05, 0) is 42.5 Å². The number of aryl methyl sites for hydroxylation is 1. The molecule has 11 heteroatoms. The molecule has 2 aromatic rings. The maximum atomic E-state index is 12.2. The summed E-state index contributed by atoms with van der Waals surface area (Å²) in [6.45, 7) is 4.18. The third-order valence-electron chi connectivity index (χ3n) is 6.90. The summed E-state index contributed by atoms with van der Waals surface area (Å²) in [5.41, 5.74) is 1.83. The maximum absolute atomic E-state index is 12.2. The van der Waals surface area contributed by atoms with Gasteiger partial charge in [-0.25, -0.2) is 0 Å². The van der Waals surface area contributed by atoms with Crippen LogP contribution in [0.25, 0.3) is 0 Å². The van der Waals surface area contributed by atoms with Crippen molar-refractivity contribution in [2.24, 2.45) is 0 Å². The number of carbonyl (C=O) groups excluding carboxylic acids is 1. The summed E-state index contributed by atoms with van der Waals surface area (Å²) in [5.74, 6) is -0.756. The fraction of sp³-hybridized carbons (Fsp3) is 0.500. The largest absolute Gasteiger partial charge is 0.496 e. The van der Waals surface area contributed by atoms with Crippen molar-refractivity contribution in [3.63, 3.8) is 0 Å². The highest BCUT2D eigenvalue weighted by Crippen LogP contribution is 2.58. The van der Waals surface area contributed by atoms with Gasteiger partial charge in [0.15, 0.2) is 0 Å². The SMILES string of the molecule is CCCCC1(CC)CS(O)(O)c2cc(CCC(=O)NCS(=O)(=O)O)c(OC)cc2C(c2ccccc2)N1. The van der Waals surface area contributed by atoms with Gasteiger partial charge >= 0.3 is 0 Å². The molecule has 2 unspecified atom stereocenters. The number of hydrogen-bond acceptors (Lipinski definition) is 7. The normalized spacial score (nSPS) is 21.9. The van der Waals surface area contributed by atoms with E-state index in [0.29, 0.717) is 16.2 Å². The Hall–Kier alpha value is -2.15. The van der Waals surface area contributed by atoms with E-state index in [4.69, 9.17) is 9.29 Å². The fourth-order valence-electron chi connectivity index (χ4n) is 4.86. The Labute approximate surface area is 221 Å². The summed E-state index contributed by atoms with van der Waals surface area (Å²) in [4.78, 5) is 12.6. The molecule has 1 heterocycles. The average molecular weight is 555 g/mol. The third-order valence-corrected chi connectivity index (χ3v) is 9.42. The van der Waals surface area contributed by atoms with Crippen LogP contribution in [0.2, 0.25) is 0 Å². The lowest BCUT2D eigenvalue weighted by atomic mass is 9.87. The molecule has 1 aliphatic heterocycles. The molecule has 0 aliphatic carbocycles. The summed E-state index contributed by atoms with van der Waals surface area (Å²) in [6.07, 6.45) is 3.56. The summed E-state index contributed by atoms with van der Waals surface area (Å²) < 4.78 is 59.5. The Morgan fingerprint density at radius 2 is 1.92 bits per heavy atom. The van der Waals surface area contributed by atoms with E-state index in [1.165, 1.54) is 7.11 Å². The predicted molar refractivity (Wildman–Crippen MR) is 146 cm³/mol. The van der Waals surface area contributed by atoms with E-state index >= 15 is 0 Å². The molecule has 5 N–H and O–H groups in total. The first kappa shape index (κ1) is 29.4. The third kappa shape index (κ3) is 7.46. The Bertz CT molecular complexity index is 1190. The van der Waals surface area contributed by atoms with Crippen LogP contribution in [0, 0.1) is 0 Å². The summed E-state index contributed by atoms with van der Waals surface area (Å²) in [5, 5.41) is 5.96. The lowest BCUT2D eigenvalue weighted by molar-refractivity contribution is -0.120. The van der Waals surface area contributed by atoms with Crippen molar-refractivity contribution in [3.8, 4) is 5.75 Å². The zero-order valence-corrected chi connectivity index (χ0v) is 23.2. The van der Waals surface area contributed by atoms with Crippen LogP contribution in [0.1, 0.15) is 68.7 Å². The molecule has 37 heavy (non-hydrogen) atoms. The van der Waals surface area contributed by atoms with Crippen LogP contribution in [0.15, 0.2) is 47.4 Å². The van der Waals surface area contributed by atoms with Crippen LogP contribution < -0.4 is 15.4 Å².